The molecule has 0 saturated carbocycles. The quantitative estimate of drug-likeness (QED) is 0.181. The molecule has 0 amide bonds. The van der Waals surface area contributed by atoms with Crippen LogP contribution in [0.2, 0.25) is 0 Å². The highest BCUT2D eigenvalue weighted by Crippen LogP contribution is 2.45. The first-order valence-electron chi connectivity index (χ1n) is 18.9. The van der Waals surface area contributed by atoms with Crippen molar-refractivity contribution < 1.29 is 0 Å². The van der Waals surface area contributed by atoms with Gasteiger partial charge < -0.3 is 4.57 Å². The molecule has 0 bridgehead atoms. The molecule has 0 N–H and O–H groups in total. The number of thiophene rings is 1. The molecule has 260 valence electrons. The number of nitrogens with zero attached hydrogens (tertiary/aromatic N) is 4. The SMILES string of the molecule is c1ccc2cc3c(cc2c1)c1ccccc1n3-c1ccc(-c2nc(-c3cccc4ccccc34)nc(-c3cccc4ccccc34)n2)c2sc3ccccc3c12. The van der Waals surface area contributed by atoms with Crippen molar-refractivity contribution in [3.05, 3.63) is 182 Å². The number of hydrogen-bond donors (Lipinski definition) is 0. The van der Waals surface area contributed by atoms with Crippen molar-refractivity contribution in [2.75, 3.05) is 0 Å². The maximum atomic E-state index is 5.35. The van der Waals surface area contributed by atoms with Crippen molar-refractivity contribution in [3.8, 4) is 39.9 Å². The van der Waals surface area contributed by atoms with Crippen molar-refractivity contribution in [3.63, 3.8) is 0 Å². The van der Waals surface area contributed by atoms with E-state index in [9.17, 15) is 0 Å². The Morgan fingerprint density at radius 3 is 1.55 bits per heavy atom. The summed E-state index contributed by atoms with van der Waals surface area (Å²) in [6.07, 6.45) is 0. The summed E-state index contributed by atoms with van der Waals surface area (Å²) < 4.78 is 4.83. The van der Waals surface area contributed by atoms with Crippen LogP contribution in [0.4, 0.5) is 0 Å². The molecule has 12 aromatic rings. The Bertz CT molecular complexity index is 3450. The van der Waals surface area contributed by atoms with Crippen LogP contribution in [0, 0.1) is 0 Å². The Kier molecular flexibility index (Phi) is 6.76. The zero-order chi connectivity index (χ0) is 36.7. The van der Waals surface area contributed by atoms with E-state index in [4.69, 9.17) is 15.0 Å². The van der Waals surface area contributed by atoms with Gasteiger partial charge in [0, 0.05) is 47.6 Å². The summed E-state index contributed by atoms with van der Waals surface area (Å²) in [6, 6.07) is 65.0. The fourth-order valence-corrected chi connectivity index (χ4v) is 9.90. The lowest BCUT2D eigenvalue weighted by Gasteiger charge is -2.14. The summed E-state index contributed by atoms with van der Waals surface area (Å²) in [5.41, 5.74) is 6.45. The molecule has 0 fully saturated rings. The summed E-state index contributed by atoms with van der Waals surface area (Å²) >= 11 is 1.80. The molecule has 0 saturated heterocycles. The number of para-hydroxylation sites is 1. The third-order valence-corrected chi connectivity index (χ3v) is 12.4. The average molecular weight is 731 g/mol. The minimum absolute atomic E-state index is 0.655. The first-order valence-corrected chi connectivity index (χ1v) is 19.7. The Morgan fingerprint density at radius 1 is 0.357 bits per heavy atom. The van der Waals surface area contributed by atoms with Gasteiger partial charge in [0.15, 0.2) is 17.5 Å². The molecule has 0 unspecified atom stereocenters. The predicted octanol–water partition coefficient (Wildman–Crippen LogP) is 13.8. The molecule has 0 aliphatic rings. The summed E-state index contributed by atoms with van der Waals surface area (Å²) in [5.74, 6) is 1.96. The monoisotopic (exact) mass is 730 g/mol. The standard InChI is InChI=1S/C51H30N4S/c1-2-16-34-30-45-42(29-33(34)15-1)37-21-7-9-25-43(37)55(45)44-28-27-41(48-47(44)40-22-8-10-26-46(40)56-48)51-53-49(38-23-11-17-31-13-3-5-19-35(31)38)52-50(54-51)39-24-12-18-32-14-4-6-20-36(32)39/h1-30H. The van der Waals surface area contributed by atoms with Crippen LogP contribution in [0.25, 0.3) is 114 Å². The van der Waals surface area contributed by atoms with Crippen molar-refractivity contribution >= 4 is 85.6 Å². The van der Waals surface area contributed by atoms with Gasteiger partial charge in [-0.05, 0) is 68.7 Å². The summed E-state index contributed by atoms with van der Waals surface area (Å²) in [6.45, 7) is 0. The Labute approximate surface area is 325 Å². The van der Waals surface area contributed by atoms with E-state index in [-0.39, 0.29) is 0 Å². The highest BCUT2D eigenvalue weighted by Gasteiger charge is 2.22. The lowest BCUT2D eigenvalue weighted by molar-refractivity contribution is 1.08. The van der Waals surface area contributed by atoms with Gasteiger partial charge in [-0.1, -0.05) is 146 Å². The van der Waals surface area contributed by atoms with Crippen LogP contribution in [0.1, 0.15) is 0 Å². The summed E-state index contributed by atoms with van der Waals surface area (Å²) in [7, 11) is 0. The van der Waals surface area contributed by atoms with Crippen LogP contribution in [0.15, 0.2) is 182 Å². The molecule has 5 heteroatoms. The van der Waals surface area contributed by atoms with Gasteiger partial charge in [-0.2, -0.15) is 0 Å². The molecular formula is C51H30N4S. The topological polar surface area (TPSA) is 43.6 Å². The van der Waals surface area contributed by atoms with E-state index in [1.165, 1.54) is 48.1 Å². The van der Waals surface area contributed by atoms with Crippen LogP contribution >= 0.6 is 11.3 Å². The van der Waals surface area contributed by atoms with Crippen LogP contribution in [0.3, 0.4) is 0 Å². The van der Waals surface area contributed by atoms with Gasteiger partial charge in [0.25, 0.3) is 0 Å². The molecule has 0 aliphatic carbocycles. The van der Waals surface area contributed by atoms with Gasteiger partial charge in [0.05, 0.1) is 16.7 Å². The fourth-order valence-electron chi connectivity index (χ4n) is 8.67. The zero-order valence-corrected chi connectivity index (χ0v) is 30.8. The van der Waals surface area contributed by atoms with E-state index >= 15 is 0 Å². The molecule has 12 rings (SSSR count). The zero-order valence-electron chi connectivity index (χ0n) is 30.0. The van der Waals surface area contributed by atoms with Gasteiger partial charge in [-0.15, -0.1) is 11.3 Å². The minimum Gasteiger partial charge on any atom is -0.309 e. The lowest BCUT2D eigenvalue weighted by Crippen LogP contribution is -2.02. The fraction of sp³-hybridized carbons (Fsp3) is 0. The van der Waals surface area contributed by atoms with Gasteiger partial charge in [-0.3, -0.25) is 0 Å². The highest BCUT2D eigenvalue weighted by atomic mass is 32.1. The molecule has 4 nitrogen and oxygen atoms in total. The lowest BCUT2D eigenvalue weighted by atomic mass is 10.0. The van der Waals surface area contributed by atoms with Gasteiger partial charge in [-0.25, -0.2) is 15.0 Å². The van der Waals surface area contributed by atoms with E-state index in [0.29, 0.717) is 17.5 Å². The second-order valence-electron chi connectivity index (χ2n) is 14.4. The van der Waals surface area contributed by atoms with Crippen LogP contribution in [0.5, 0.6) is 0 Å². The first kappa shape index (κ1) is 31.2. The first-order chi connectivity index (χ1) is 27.8. The van der Waals surface area contributed by atoms with E-state index in [1.807, 2.05) is 0 Å². The number of benzene rings is 9. The van der Waals surface area contributed by atoms with Crippen LogP contribution in [-0.2, 0) is 0 Å². The van der Waals surface area contributed by atoms with E-state index in [0.717, 1.165) is 48.6 Å². The second kappa shape index (κ2) is 12.2. The van der Waals surface area contributed by atoms with Gasteiger partial charge in [0.2, 0.25) is 0 Å². The molecule has 0 atom stereocenters. The maximum absolute atomic E-state index is 5.35. The van der Waals surface area contributed by atoms with E-state index in [1.54, 1.807) is 11.3 Å². The largest absolute Gasteiger partial charge is 0.309 e. The number of fused-ring (bicyclic) bond motifs is 9. The highest BCUT2D eigenvalue weighted by molar-refractivity contribution is 7.26. The number of rotatable bonds is 4. The summed E-state index contributed by atoms with van der Waals surface area (Å²) in [4.78, 5) is 16.0. The molecule has 56 heavy (non-hydrogen) atoms. The number of hydrogen-bond acceptors (Lipinski definition) is 4. The van der Waals surface area contributed by atoms with Crippen LogP contribution < -0.4 is 0 Å². The smallest absolute Gasteiger partial charge is 0.165 e. The molecular weight excluding hydrogens is 701 g/mol. The third-order valence-electron chi connectivity index (χ3n) is 11.2. The van der Waals surface area contributed by atoms with Crippen molar-refractivity contribution in [1.82, 2.24) is 19.5 Å². The Hall–Kier alpha value is -7.21. The van der Waals surface area contributed by atoms with Crippen LogP contribution in [-0.4, -0.2) is 19.5 Å². The molecule has 0 aliphatic heterocycles. The van der Waals surface area contributed by atoms with E-state index < -0.39 is 0 Å². The van der Waals surface area contributed by atoms with Gasteiger partial charge >= 0.3 is 0 Å². The third kappa shape index (κ3) is 4.68. The predicted molar refractivity (Wildman–Crippen MR) is 236 cm³/mol. The van der Waals surface area contributed by atoms with Gasteiger partial charge in [0.1, 0.15) is 0 Å². The summed E-state index contributed by atoms with van der Waals surface area (Å²) in [5, 5.41) is 11.9. The van der Waals surface area contributed by atoms with E-state index in [2.05, 4.69) is 187 Å². The minimum atomic E-state index is 0.655. The maximum Gasteiger partial charge on any atom is 0.165 e. The van der Waals surface area contributed by atoms with Crippen molar-refractivity contribution in [2.24, 2.45) is 0 Å². The molecule has 3 heterocycles. The second-order valence-corrected chi connectivity index (χ2v) is 15.4. The molecule has 9 aromatic carbocycles. The van der Waals surface area contributed by atoms with Crippen molar-refractivity contribution in [1.29, 1.82) is 0 Å². The Morgan fingerprint density at radius 2 is 0.875 bits per heavy atom. The van der Waals surface area contributed by atoms with Crippen molar-refractivity contribution in [2.45, 2.75) is 0 Å². The molecule has 3 aromatic heterocycles. The molecule has 0 radical (unpaired) electrons. The normalized spacial score (nSPS) is 11.9. The average Bonchev–Trinajstić information content (AvgIpc) is 3.81. The molecule has 0 spiro atoms. The Balaban J connectivity index is 1.18. The number of aromatic nitrogens is 4.